The van der Waals surface area contributed by atoms with Gasteiger partial charge in [0, 0.05) is 5.38 Å². The third-order valence-electron chi connectivity index (χ3n) is 1.82. The molecule has 1 aromatic heterocycles. The van der Waals surface area contributed by atoms with E-state index in [0.29, 0.717) is 0 Å². The Labute approximate surface area is 80.3 Å². The van der Waals surface area contributed by atoms with Crippen molar-refractivity contribution in [1.82, 2.24) is 0 Å². The molecule has 0 amide bonds. The van der Waals surface area contributed by atoms with Gasteiger partial charge in [0.2, 0.25) is 0 Å². The van der Waals surface area contributed by atoms with Crippen molar-refractivity contribution in [2.45, 2.75) is 0 Å². The number of hydrogen-bond acceptors (Lipinski definition) is 3. The van der Waals surface area contributed by atoms with Gasteiger partial charge in [-0.1, -0.05) is 12.1 Å². The topological polar surface area (TPSA) is 46.2 Å². The standard InChI is InChI=1S/C10H9NOS/c11-10-5-8(6-13-10)7-1-3-9(12)4-2-7/h1-6,12H,11H2. The molecule has 2 nitrogen and oxygen atoms in total. The molecule has 66 valence electrons. The fraction of sp³-hybridized carbons (Fsp3) is 0. The minimum absolute atomic E-state index is 0.284. The van der Waals surface area contributed by atoms with Crippen molar-refractivity contribution in [2.24, 2.45) is 0 Å². The predicted octanol–water partition coefficient (Wildman–Crippen LogP) is 2.70. The van der Waals surface area contributed by atoms with Crippen LogP contribution in [0.25, 0.3) is 11.1 Å². The SMILES string of the molecule is Nc1cc(-c2ccc(O)cc2)cs1. The summed E-state index contributed by atoms with van der Waals surface area (Å²) in [6.07, 6.45) is 0. The molecule has 0 atom stereocenters. The molecule has 0 saturated heterocycles. The van der Waals surface area contributed by atoms with Crippen LogP contribution in [-0.2, 0) is 0 Å². The summed E-state index contributed by atoms with van der Waals surface area (Å²) in [6, 6.07) is 9.01. The molecule has 0 aliphatic carbocycles. The largest absolute Gasteiger partial charge is 0.508 e. The van der Waals surface area contributed by atoms with E-state index in [1.165, 1.54) is 11.3 Å². The van der Waals surface area contributed by atoms with E-state index < -0.39 is 0 Å². The lowest BCUT2D eigenvalue weighted by atomic mass is 10.1. The van der Waals surface area contributed by atoms with Crippen LogP contribution in [0, 0.1) is 0 Å². The molecule has 13 heavy (non-hydrogen) atoms. The van der Waals surface area contributed by atoms with Gasteiger partial charge in [-0.25, -0.2) is 0 Å². The first-order chi connectivity index (χ1) is 6.25. The Morgan fingerprint density at radius 3 is 2.31 bits per heavy atom. The lowest BCUT2D eigenvalue weighted by molar-refractivity contribution is 0.475. The number of thiophene rings is 1. The van der Waals surface area contributed by atoms with Gasteiger partial charge in [-0.15, -0.1) is 11.3 Å². The summed E-state index contributed by atoms with van der Waals surface area (Å²) in [7, 11) is 0. The van der Waals surface area contributed by atoms with Crippen LogP contribution in [-0.4, -0.2) is 5.11 Å². The van der Waals surface area contributed by atoms with Crippen LogP contribution < -0.4 is 5.73 Å². The van der Waals surface area contributed by atoms with E-state index in [9.17, 15) is 0 Å². The highest BCUT2D eigenvalue weighted by Crippen LogP contribution is 2.27. The van der Waals surface area contributed by atoms with Crippen molar-refractivity contribution in [3.8, 4) is 16.9 Å². The summed E-state index contributed by atoms with van der Waals surface area (Å²) in [5.41, 5.74) is 7.79. The zero-order valence-electron chi connectivity index (χ0n) is 6.90. The molecule has 0 saturated carbocycles. The molecule has 1 aromatic carbocycles. The number of phenols is 1. The molecule has 0 unspecified atom stereocenters. The Morgan fingerprint density at radius 1 is 1.08 bits per heavy atom. The van der Waals surface area contributed by atoms with Crippen LogP contribution in [0.4, 0.5) is 5.00 Å². The van der Waals surface area contributed by atoms with Crippen LogP contribution in [0.1, 0.15) is 0 Å². The average Bonchev–Trinajstić information content (AvgIpc) is 2.53. The van der Waals surface area contributed by atoms with Gasteiger partial charge in [-0.3, -0.25) is 0 Å². The Hall–Kier alpha value is -1.48. The number of anilines is 1. The molecular weight excluding hydrogens is 182 g/mol. The molecule has 1 heterocycles. The number of nitrogen functional groups attached to an aromatic ring is 1. The van der Waals surface area contributed by atoms with Gasteiger partial charge < -0.3 is 10.8 Å². The van der Waals surface area contributed by atoms with Crippen molar-refractivity contribution in [2.75, 3.05) is 5.73 Å². The highest BCUT2D eigenvalue weighted by molar-refractivity contribution is 7.14. The maximum atomic E-state index is 9.09. The van der Waals surface area contributed by atoms with E-state index in [2.05, 4.69) is 0 Å². The molecule has 3 heteroatoms. The quantitative estimate of drug-likeness (QED) is 0.728. The summed E-state index contributed by atoms with van der Waals surface area (Å²) in [5.74, 6) is 0.284. The molecule has 0 aliphatic heterocycles. The average molecular weight is 191 g/mol. The second-order valence-corrected chi connectivity index (χ2v) is 3.73. The van der Waals surface area contributed by atoms with Gasteiger partial charge in [0.05, 0.1) is 5.00 Å². The first-order valence-corrected chi connectivity index (χ1v) is 4.77. The fourth-order valence-electron chi connectivity index (χ4n) is 1.16. The second kappa shape index (κ2) is 3.11. The molecule has 0 radical (unpaired) electrons. The zero-order valence-corrected chi connectivity index (χ0v) is 7.71. The van der Waals surface area contributed by atoms with E-state index in [1.807, 2.05) is 23.6 Å². The van der Waals surface area contributed by atoms with Gasteiger partial charge in [-0.05, 0) is 29.3 Å². The van der Waals surface area contributed by atoms with Gasteiger partial charge in [0.1, 0.15) is 5.75 Å². The predicted molar refractivity (Wildman–Crippen MR) is 55.8 cm³/mol. The van der Waals surface area contributed by atoms with Crippen LogP contribution >= 0.6 is 11.3 Å². The van der Waals surface area contributed by atoms with Gasteiger partial charge >= 0.3 is 0 Å². The van der Waals surface area contributed by atoms with Crippen molar-refractivity contribution in [3.05, 3.63) is 35.7 Å². The van der Waals surface area contributed by atoms with Gasteiger partial charge in [0.15, 0.2) is 0 Å². The van der Waals surface area contributed by atoms with Crippen molar-refractivity contribution >= 4 is 16.3 Å². The van der Waals surface area contributed by atoms with Crippen LogP contribution in [0.5, 0.6) is 5.75 Å². The minimum atomic E-state index is 0.284. The summed E-state index contributed by atoms with van der Waals surface area (Å²) >= 11 is 1.52. The first-order valence-electron chi connectivity index (χ1n) is 3.89. The van der Waals surface area contributed by atoms with Crippen LogP contribution in [0.15, 0.2) is 35.7 Å². The highest BCUT2D eigenvalue weighted by atomic mass is 32.1. The monoisotopic (exact) mass is 191 g/mol. The smallest absolute Gasteiger partial charge is 0.115 e. The Balaban J connectivity index is 2.41. The molecule has 0 bridgehead atoms. The van der Waals surface area contributed by atoms with Crippen molar-refractivity contribution in [1.29, 1.82) is 0 Å². The maximum Gasteiger partial charge on any atom is 0.115 e. The molecule has 0 spiro atoms. The number of rotatable bonds is 1. The summed E-state index contributed by atoms with van der Waals surface area (Å²) in [6.45, 7) is 0. The van der Waals surface area contributed by atoms with E-state index >= 15 is 0 Å². The molecule has 2 rings (SSSR count). The van der Waals surface area contributed by atoms with E-state index in [4.69, 9.17) is 10.8 Å². The summed E-state index contributed by atoms with van der Waals surface area (Å²) < 4.78 is 0. The maximum absolute atomic E-state index is 9.09. The van der Waals surface area contributed by atoms with Crippen molar-refractivity contribution in [3.63, 3.8) is 0 Å². The molecular formula is C10H9NOS. The van der Waals surface area contributed by atoms with Crippen LogP contribution in [0.3, 0.4) is 0 Å². The van der Waals surface area contributed by atoms with Gasteiger partial charge in [-0.2, -0.15) is 0 Å². The minimum Gasteiger partial charge on any atom is -0.508 e. The Morgan fingerprint density at radius 2 is 1.77 bits per heavy atom. The number of hydrogen-bond donors (Lipinski definition) is 2. The number of nitrogens with two attached hydrogens (primary N) is 1. The van der Waals surface area contributed by atoms with Crippen molar-refractivity contribution < 1.29 is 5.11 Å². The molecule has 0 aliphatic rings. The lowest BCUT2D eigenvalue weighted by Crippen LogP contribution is -1.75. The second-order valence-electron chi connectivity index (χ2n) is 2.78. The zero-order chi connectivity index (χ0) is 9.26. The highest BCUT2D eigenvalue weighted by Gasteiger charge is 1.99. The third-order valence-corrected chi connectivity index (χ3v) is 2.58. The van der Waals surface area contributed by atoms with E-state index in [0.717, 1.165) is 16.1 Å². The van der Waals surface area contributed by atoms with E-state index in [1.54, 1.807) is 12.1 Å². The number of aromatic hydroxyl groups is 1. The summed E-state index contributed by atoms with van der Waals surface area (Å²) in [4.78, 5) is 0. The van der Waals surface area contributed by atoms with Crippen LogP contribution in [0.2, 0.25) is 0 Å². The molecule has 3 N–H and O–H groups in total. The fourth-order valence-corrected chi connectivity index (χ4v) is 1.82. The molecule has 0 fully saturated rings. The van der Waals surface area contributed by atoms with Gasteiger partial charge in [0.25, 0.3) is 0 Å². The molecule has 2 aromatic rings. The normalized spacial score (nSPS) is 10.2. The summed E-state index contributed by atoms with van der Waals surface area (Å²) in [5, 5.41) is 11.9. The Kier molecular flexibility index (Phi) is 1.94. The Bertz CT molecular complexity index is 405. The lowest BCUT2D eigenvalue weighted by Gasteiger charge is -1.96. The number of phenolic OH excluding ortho intramolecular Hbond substituents is 1. The third kappa shape index (κ3) is 1.65. The number of benzene rings is 1. The van der Waals surface area contributed by atoms with E-state index in [-0.39, 0.29) is 5.75 Å². The first kappa shape index (κ1) is 8.13.